The van der Waals surface area contributed by atoms with Crippen molar-refractivity contribution in [3.63, 3.8) is 0 Å². The van der Waals surface area contributed by atoms with E-state index in [0.717, 1.165) is 0 Å². The van der Waals surface area contributed by atoms with Crippen molar-refractivity contribution in [3.05, 3.63) is 84.5 Å². The molecule has 0 saturated heterocycles. The van der Waals surface area contributed by atoms with Crippen LogP contribution in [0.25, 0.3) is 16.9 Å². The Hall–Kier alpha value is -2.92. The summed E-state index contributed by atoms with van der Waals surface area (Å²) >= 11 is 6.16. The van der Waals surface area contributed by atoms with Crippen molar-refractivity contribution < 1.29 is 4.39 Å². The maximum Gasteiger partial charge on any atom is 0.176 e. The van der Waals surface area contributed by atoms with Gasteiger partial charge in [-0.2, -0.15) is 9.61 Å². The number of nitrogens with zero attached hydrogens (tertiary/aromatic N) is 3. The quantitative estimate of drug-likeness (QED) is 0.675. The molecule has 0 aliphatic carbocycles. The number of halogens is 2. The van der Waals surface area contributed by atoms with Crippen molar-refractivity contribution >= 4 is 23.1 Å². The number of benzene rings is 1. The van der Waals surface area contributed by atoms with E-state index in [0.29, 0.717) is 33.4 Å². The molecule has 1 aromatic carbocycles. The highest BCUT2D eigenvalue weighted by Gasteiger charge is 2.14. The smallest absolute Gasteiger partial charge is 0.176 e. The number of aromatic nitrogens is 3. The first-order valence-electron chi connectivity index (χ1n) is 7.15. The first-order valence-corrected chi connectivity index (χ1v) is 7.53. The van der Waals surface area contributed by atoms with Crippen LogP contribution < -0.4 is 5.32 Å². The summed E-state index contributed by atoms with van der Waals surface area (Å²) < 4.78 is 15.7. The van der Waals surface area contributed by atoms with Gasteiger partial charge in [0.15, 0.2) is 5.65 Å². The second-order valence-electron chi connectivity index (χ2n) is 4.92. The fourth-order valence-electron chi connectivity index (χ4n) is 2.27. The average molecular weight is 341 g/mol. The van der Waals surface area contributed by atoms with Gasteiger partial charge >= 0.3 is 0 Å². The molecule has 4 nitrogen and oxygen atoms in total. The van der Waals surface area contributed by atoms with Crippen molar-refractivity contribution in [2.75, 3.05) is 5.32 Å². The van der Waals surface area contributed by atoms with E-state index in [-0.39, 0.29) is 5.82 Å². The standard InChI is InChI=1S/C18H14ClFN4/c1-3-7-12(4-2)22-17-10-16(13-8-5-6-9-15(13)20)23-18-14(19)11-21-24(17)18/h3-11,22H,1-2H2/b12-7+. The largest absolute Gasteiger partial charge is 0.340 e. The molecule has 2 heterocycles. The van der Waals surface area contributed by atoms with Crippen LogP contribution in [0.5, 0.6) is 0 Å². The molecule has 0 aliphatic rings. The maximum atomic E-state index is 14.1. The Labute approximate surface area is 143 Å². The van der Waals surface area contributed by atoms with Crippen LogP contribution in [0.4, 0.5) is 10.2 Å². The van der Waals surface area contributed by atoms with Gasteiger partial charge in [0.25, 0.3) is 0 Å². The first kappa shape index (κ1) is 16.0. The van der Waals surface area contributed by atoms with Crippen molar-refractivity contribution in [2.45, 2.75) is 0 Å². The molecule has 0 spiro atoms. The molecule has 3 aromatic rings. The van der Waals surface area contributed by atoms with E-state index in [1.807, 2.05) is 0 Å². The second-order valence-corrected chi connectivity index (χ2v) is 5.33. The van der Waals surface area contributed by atoms with E-state index >= 15 is 0 Å². The van der Waals surface area contributed by atoms with Crippen LogP contribution in [-0.4, -0.2) is 14.6 Å². The van der Waals surface area contributed by atoms with Crippen LogP contribution >= 0.6 is 11.6 Å². The van der Waals surface area contributed by atoms with Crippen LogP contribution in [-0.2, 0) is 0 Å². The van der Waals surface area contributed by atoms with Gasteiger partial charge in [0.2, 0.25) is 0 Å². The van der Waals surface area contributed by atoms with Gasteiger partial charge in [-0.25, -0.2) is 9.37 Å². The second kappa shape index (κ2) is 6.68. The third-order valence-corrected chi connectivity index (χ3v) is 3.63. The highest BCUT2D eigenvalue weighted by molar-refractivity contribution is 6.33. The van der Waals surface area contributed by atoms with E-state index in [2.05, 4.69) is 28.6 Å². The number of rotatable bonds is 5. The van der Waals surface area contributed by atoms with Gasteiger partial charge in [0.05, 0.1) is 11.9 Å². The van der Waals surface area contributed by atoms with E-state index in [4.69, 9.17) is 11.6 Å². The molecule has 0 bridgehead atoms. The predicted molar refractivity (Wildman–Crippen MR) is 95.5 cm³/mol. The molecule has 3 rings (SSSR count). The maximum absolute atomic E-state index is 14.1. The molecule has 120 valence electrons. The summed E-state index contributed by atoms with van der Waals surface area (Å²) in [5, 5.41) is 7.75. The highest BCUT2D eigenvalue weighted by Crippen LogP contribution is 2.27. The molecule has 0 unspecified atom stereocenters. The molecule has 6 heteroatoms. The Morgan fingerprint density at radius 1 is 1.29 bits per heavy atom. The topological polar surface area (TPSA) is 42.2 Å². The Balaban J connectivity index is 2.21. The number of hydrogen-bond acceptors (Lipinski definition) is 3. The SMILES string of the molecule is C=C/C=C(\C=C)Nc1cc(-c2ccccc2F)nc2c(Cl)cnn12. The highest BCUT2D eigenvalue weighted by atomic mass is 35.5. The Bertz CT molecular complexity index is 959. The van der Waals surface area contributed by atoms with Crippen molar-refractivity contribution in [1.82, 2.24) is 14.6 Å². The molecule has 0 saturated carbocycles. The lowest BCUT2D eigenvalue weighted by molar-refractivity contribution is 0.630. The number of nitrogens with one attached hydrogen (secondary N) is 1. The van der Waals surface area contributed by atoms with Crippen LogP contribution in [0.15, 0.2) is 73.6 Å². The van der Waals surface area contributed by atoms with Gasteiger partial charge in [-0.3, -0.25) is 0 Å². The number of hydrogen-bond donors (Lipinski definition) is 1. The Kier molecular flexibility index (Phi) is 4.44. The summed E-state index contributed by atoms with van der Waals surface area (Å²) in [6.07, 6.45) is 6.52. The summed E-state index contributed by atoms with van der Waals surface area (Å²) in [6.45, 7) is 7.41. The van der Waals surface area contributed by atoms with Gasteiger partial charge in [0.1, 0.15) is 16.7 Å². The van der Waals surface area contributed by atoms with Gasteiger partial charge < -0.3 is 5.32 Å². The van der Waals surface area contributed by atoms with Crippen molar-refractivity contribution in [3.8, 4) is 11.3 Å². The lowest BCUT2D eigenvalue weighted by Crippen LogP contribution is -2.05. The number of allylic oxidation sites excluding steroid dienone is 3. The third kappa shape index (κ3) is 2.94. The summed E-state index contributed by atoms with van der Waals surface area (Å²) in [5.74, 6) is 0.222. The summed E-state index contributed by atoms with van der Waals surface area (Å²) in [4.78, 5) is 4.43. The van der Waals surface area contributed by atoms with E-state index < -0.39 is 0 Å². The minimum atomic E-state index is -0.360. The molecule has 0 amide bonds. The molecule has 0 atom stereocenters. The van der Waals surface area contributed by atoms with Gasteiger partial charge in [-0.15, -0.1) is 0 Å². The molecule has 24 heavy (non-hydrogen) atoms. The summed E-state index contributed by atoms with van der Waals surface area (Å²) in [5.41, 5.74) is 1.98. The van der Waals surface area contributed by atoms with E-state index in [1.165, 1.54) is 12.3 Å². The molecule has 0 fully saturated rings. The zero-order chi connectivity index (χ0) is 17.1. The van der Waals surface area contributed by atoms with Crippen LogP contribution in [0.3, 0.4) is 0 Å². The summed E-state index contributed by atoms with van der Waals surface area (Å²) in [7, 11) is 0. The molecule has 0 radical (unpaired) electrons. The van der Waals surface area contributed by atoms with E-state index in [1.54, 1.807) is 47.0 Å². The Morgan fingerprint density at radius 3 is 2.79 bits per heavy atom. The summed E-state index contributed by atoms with van der Waals surface area (Å²) in [6, 6.07) is 8.14. The Morgan fingerprint density at radius 2 is 2.08 bits per heavy atom. The number of anilines is 1. The minimum Gasteiger partial charge on any atom is -0.340 e. The van der Waals surface area contributed by atoms with Gasteiger partial charge in [0, 0.05) is 17.3 Å². The van der Waals surface area contributed by atoms with E-state index in [9.17, 15) is 4.39 Å². The van der Waals surface area contributed by atoms with Crippen molar-refractivity contribution in [1.29, 1.82) is 0 Å². The molecular formula is C18H14ClFN4. The van der Waals surface area contributed by atoms with Gasteiger partial charge in [-0.05, 0) is 24.3 Å². The monoisotopic (exact) mass is 340 g/mol. The van der Waals surface area contributed by atoms with Crippen LogP contribution in [0.2, 0.25) is 5.02 Å². The molecule has 2 aromatic heterocycles. The molecule has 0 aliphatic heterocycles. The first-order chi connectivity index (χ1) is 11.6. The van der Waals surface area contributed by atoms with Crippen LogP contribution in [0.1, 0.15) is 0 Å². The zero-order valence-corrected chi connectivity index (χ0v) is 13.5. The zero-order valence-electron chi connectivity index (χ0n) is 12.7. The normalized spacial score (nSPS) is 11.5. The van der Waals surface area contributed by atoms with Crippen LogP contribution in [0, 0.1) is 5.82 Å². The minimum absolute atomic E-state index is 0.360. The fourth-order valence-corrected chi connectivity index (χ4v) is 2.43. The fraction of sp³-hybridized carbons (Fsp3) is 0. The molecular weight excluding hydrogens is 327 g/mol. The number of fused-ring (bicyclic) bond motifs is 1. The lowest BCUT2D eigenvalue weighted by atomic mass is 10.1. The molecule has 1 N–H and O–H groups in total. The predicted octanol–water partition coefficient (Wildman–Crippen LogP) is 4.86. The average Bonchev–Trinajstić information content (AvgIpc) is 2.96. The van der Waals surface area contributed by atoms with Crippen molar-refractivity contribution in [2.24, 2.45) is 0 Å². The lowest BCUT2D eigenvalue weighted by Gasteiger charge is -2.11. The third-order valence-electron chi connectivity index (χ3n) is 3.37. The van der Waals surface area contributed by atoms with Gasteiger partial charge in [-0.1, -0.05) is 43.0 Å².